The largest absolute Gasteiger partial charge is 0.325 e. The van der Waals surface area contributed by atoms with Crippen molar-refractivity contribution >= 4 is 23.2 Å². The molecule has 0 aliphatic rings. The van der Waals surface area contributed by atoms with Crippen LogP contribution in [0.15, 0.2) is 54.6 Å². The quantitative estimate of drug-likeness (QED) is 0.911. The Kier molecular flexibility index (Phi) is 5.37. The first-order valence-corrected chi connectivity index (χ1v) is 7.25. The zero-order valence-corrected chi connectivity index (χ0v) is 13.0. The van der Waals surface area contributed by atoms with Crippen LogP contribution in [0.2, 0.25) is 5.02 Å². The first-order valence-electron chi connectivity index (χ1n) is 6.87. The smallest absolute Gasteiger partial charge is 0.241 e. The summed E-state index contributed by atoms with van der Waals surface area (Å²) in [6, 6.07) is 16.9. The number of anilines is 1. The molecule has 21 heavy (non-hydrogen) atoms. The molecular formula is C17H19ClN2O. The third-order valence-electron chi connectivity index (χ3n) is 3.46. The molecule has 4 heteroatoms. The second-order valence-electron chi connectivity index (χ2n) is 5.04. The van der Waals surface area contributed by atoms with Gasteiger partial charge in [0.05, 0.1) is 6.04 Å². The molecule has 0 aliphatic carbocycles. The molecule has 1 N–H and O–H groups in total. The number of amides is 1. The van der Waals surface area contributed by atoms with Crippen molar-refractivity contribution in [3.05, 3.63) is 65.2 Å². The summed E-state index contributed by atoms with van der Waals surface area (Å²) < 4.78 is 0. The van der Waals surface area contributed by atoms with Gasteiger partial charge in [-0.15, -0.1) is 0 Å². The standard InChI is InChI=1S/C17H19ClN2O/c1-13(17(21)19-15-9-4-3-5-10-15)20(2)12-14-8-6-7-11-16(14)18/h3-11,13H,12H2,1-2H3,(H,19,21). The molecule has 3 nitrogen and oxygen atoms in total. The molecule has 110 valence electrons. The lowest BCUT2D eigenvalue weighted by Crippen LogP contribution is -2.39. The number of hydrogen-bond acceptors (Lipinski definition) is 2. The minimum atomic E-state index is -0.249. The summed E-state index contributed by atoms with van der Waals surface area (Å²) >= 11 is 6.16. The minimum absolute atomic E-state index is 0.0317. The third kappa shape index (κ3) is 4.31. The second-order valence-corrected chi connectivity index (χ2v) is 5.44. The predicted octanol–water partition coefficient (Wildman–Crippen LogP) is 3.80. The Bertz CT molecular complexity index is 601. The van der Waals surface area contributed by atoms with Gasteiger partial charge in [0, 0.05) is 17.3 Å². The number of likely N-dealkylation sites (N-methyl/N-ethyl adjacent to an activating group) is 1. The van der Waals surface area contributed by atoms with Crippen LogP contribution in [0, 0.1) is 0 Å². The van der Waals surface area contributed by atoms with Crippen molar-refractivity contribution in [3.8, 4) is 0 Å². The lowest BCUT2D eigenvalue weighted by Gasteiger charge is -2.24. The van der Waals surface area contributed by atoms with Gasteiger partial charge in [-0.25, -0.2) is 0 Å². The fraction of sp³-hybridized carbons (Fsp3) is 0.235. The number of nitrogens with one attached hydrogen (secondary N) is 1. The molecule has 0 saturated heterocycles. The van der Waals surface area contributed by atoms with Gasteiger partial charge in [0.1, 0.15) is 0 Å². The van der Waals surface area contributed by atoms with Crippen LogP contribution in [0.25, 0.3) is 0 Å². The summed E-state index contributed by atoms with van der Waals surface area (Å²) in [6.45, 7) is 2.51. The normalized spacial score (nSPS) is 12.2. The molecular weight excluding hydrogens is 284 g/mol. The van der Waals surface area contributed by atoms with E-state index in [0.717, 1.165) is 16.3 Å². The van der Waals surface area contributed by atoms with Gasteiger partial charge >= 0.3 is 0 Å². The summed E-state index contributed by atoms with van der Waals surface area (Å²) in [4.78, 5) is 14.2. The van der Waals surface area contributed by atoms with Crippen molar-refractivity contribution < 1.29 is 4.79 Å². The predicted molar refractivity (Wildman–Crippen MR) is 87.5 cm³/mol. The van der Waals surface area contributed by atoms with E-state index in [1.165, 1.54) is 0 Å². The van der Waals surface area contributed by atoms with Gasteiger partial charge < -0.3 is 5.32 Å². The zero-order chi connectivity index (χ0) is 15.2. The molecule has 0 aliphatic heterocycles. The molecule has 0 fully saturated rings. The number of halogens is 1. The van der Waals surface area contributed by atoms with E-state index < -0.39 is 0 Å². The summed E-state index contributed by atoms with van der Waals surface area (Å²) in [7, 11) is 1.92. The van der Waals surface area contributed by atoms with Gasteiger partial charge in [0.15, 0.2) is 0 Å². The molecule has 1 unspecified atom stereocenters. The highest BCUT2D eigenvalue weighted by Gasteiger charge is 2.18. The second kappa shape index (κ2) is 7.25. The molecule has 0 spiro atoms. The number of rotatable bonds is 5. The van der Waals surface area contributed by atoms with E-state index in [2.05, 4.69) is 5.32 Å². The van der Waals surface area contributed by atoms with Crippen molar-refractivity contribution in [2.45, 2.75) is 19.5 Å². The van der Waals surface area contributed by atoms with Crippen molar-refractivity contribution in [2.24, 2.45) is 0 Å². The fourth-order valence-electron chi connectivity index (χ4n) is 2.00. The maximum absolute atomic E-state index is 12.2. The number of carbonyl (C=O) groups is 1. The van der Waals surface area contributed by atoms with Crippen molar-refractivity contribution in [1.82, 2.24) is 4.90 Å². The van der Waals surface area contributed by atoms with Crippen LogP contribution in [0.5, 0.6) is 0 Å². The molecule has 1 amide bonds. The molecule has 2 aromatic rings. The monoisotopic (exact) mass is 302 g/mol. The van der Waals surface area contributed by atoms with Gasteiger partial charge in [-0.1, -0.05) is 48.0 Å². The van der Waals surface area contributed by atoms with Crippen LogP contribution in [-0.2, 0) is 11.3 Å². The van der Waals surface area contributed by atoms with Crippen molar-refractivity contribution in [3.63, 3.8) is 0 Å². The topological polar surface area (TPSA) is 32.3 Å². The van der Waals surface area contributed by atoms with E-state index in [1.807, 2.05) is 73.5 Å². The minimum Gasteiger partial charge on any atom is -0.325 e. The first kappa shape index (κ1) is 15.5. The highest BCUT2D eigenvalue weighted by Crippen LogP contribution is 2.17. The number of benzene rings is 2. The van der Waals surface area contributed by atoms with E-state index in [4.69, 9.17) is 11.6 Å². The molecule has 0 heterocycles. The van der Waals surface area contributed by atoms with Crippen LogP contribution in [-0.4, -0.2) is 23.9 Å². The average molecular weight is 303 g/mol. The third-order valence-corrected chi connectivity index (χ3v) is 3.83. The Hall–Kier alpha value is -1.84. The van der Waals surface area contributed by atoms with Crippen molar-refractivity contribution in [2.75, 3.05) is 12.4 Å². The molecule has 0 saturated carbocycles. The molecule has 2 rings (SSSR count). The molecule has 0 aromatic heterocycles. The van der Waals surface area contributed by atoms with Crippen LogP contribution < -0.4 is 5.32 Å². The lowest BCUT2D eigenvalue weighted by molar-refractivity contribution is -0.120. The molecule has 0 radical (unpaired) electrons. The maximum atomic E-state index is 12.2. The number of hydrogen-bond donors (Lipinski definition) is 1. The molecule has 2 aromatic carbocycles. The van der Waals surface area contributed by atoms with Crippen molar-refractivity contribution in [1.29, 1.82) is 0 Å². The average Bonchev–Trinajstić information content (AvgIpc) is 2.49. The SMILES string of the molecule is CC(C(=O)Nc1ccccc1)N(C)Cc1ccccc1Cl. The fourth-order valence-corrected chi connectivity index (χ4v) is 2.20. The van der Waals surface area contributed by atoms with E-state index in [0.29, 0.717) is 6.54 Å². The molecule has 0 bridgehead atoms. The van der Waals surface area contributed by atoms with Gasteiger partial charge in [-0.3, -0.25) is 9.69 Å². The summed E-state index contributed by atoms with van der Waals surface area (Å²) in [5.74, 6) is -0.0317. The Morgan fingerprint density at radius 3 is 2.43 bits per heavy atom. The summed E-state index contributed by atoms with van der Waals surface area (Å²) in [6.07, 6.45) is 0. The zero-order valence-electron chi connectivity index (χ0n) is 12.2. The van der Waals surface area contributed by atoms with Gasteiger partial charge in [-0.05, 0) is 37.7 Å². The van der Waals surface area contributed by atoms with Gasteiger partial charge in [0.2, 0.25) is 5.91 Å². The van der Waals surface area contributed by atoms with Gasteiger partial charge in [0.25, 0.3) is 0 Å². The Labute approximate surface area is 130 Å². The Morgan fingerprint density at radius 1 is 1.14 bits per heavy atom. The van der Waals surface area contributed by atoms with Crippen LogP contribution in [0.3, 0.4) is 0 Å². The summed E-state index contributed by atoms with van der Waals surface area (Å²) in [5, 5.41) is 3.63. The highest BCUT2D eigenvalue weighted by atomic mass is 35.5. The molecule has 1 atom stereocenters. The Balaban J connectivity index is 1.97. The Morgan fingerprint density at radius 2 is 1.76 bits per heavy atom. The number of para-hydroxylation sites is 1. The van der Waals surface area contributed by atoms with E-state index >= 15 is 0 Å². The van der Waals surface area contributed by atoms with E-state index in [1.54, 1.807) is 0 Å². The van der Waals surface area contributed by atoms with E-state index in [9.17, 15) is 4.79 Å². The lowest BCUT2D eigenvalue weighted by atomic mass is 10.2. The van der Waals surface area contributed by atoms with Crippen LogP contribution in [0.1, 0.15) is 12.5 Å². The van der Waals surface area contributed by atoms with Gasteiger partial charge in [-0.2, -0.15) is 0 Å². The van der Waals surface area contributed by atoms with E-state index in [-0.39, 0.29) is 11.9 Å². The van der Waals surface area contributed by atoms with Crippen LogP contribution >= 0.6 is 11.6 Å². The summed E-state index contributed by atoms with van der Waals surface area (Å²) in [5.41, 5.74) is 1.82. The number of carbonyl (C=O) groups excluding carboxylic acids is 1. The van der Waals surface area contributed by atoms with Crippen LogP contribution in [0.4, 0.5) is 5.69 Å². The highest BCUT2D eigenvalue weighted by molar-refractivity contribution is 6.31. The number of nitrogens with zero attached hydrogens (tertiary/aromatic N) is 1. The first-order chi connectivity index (χ1) is 10.1. The maximum Gasteiger partial charge on any atom is 0.241 e.